The number of anilines is 1. The summed E-state index contributed by atoms with van der Waals surface area (Å²) in [6, 6.07) is 2.79. The van der Waals surface area contributed by atoms with Crippen LogP contribution in [-0.4, -0.2) is 24.5 Å². The number of nitrogens with two attached hydrogens (primary N) is 1. The zero-order valence-corrected chi connectivity index (χ0v) is 12.7. The lowest BCUT2D eigenvalue weighted by Gasteiger charge is -2.12. The van der Waals surface area contributed by atoms with E-state index in [-0.39, 0.29) is 39.9 Å². The summed E-state index contributed by atoms with van der Waals surface area (Å²) in [5, 5.41) is 3.10. The molecule has 110 valence electrons. The van der Waals surface area contributed by atoms with E-state index in [2.05, 4.69) is 5.32 Å². The van der Waals surface area contributed by atoms with Crippen LogP contribution in [0.5, 0.6) is 0 Å². The van der Waals surface area contributed by atoms with Gasteiger partial charge in [0, 0.05) is 11.1 Å². The highest BCUT2D eigenvalue weighted by molar-refractivity contribution is 6.37. The first-order valence-corrected chi connectivity index (χ1v) is 6.81. The smallest absolute Gasteiger partial charge is 0.340 e. The molecule has 0 bridgehead atoms. The fourth-order valence-corrected chi connectivity index (χ4v) is 1.87. The molecule has 0 heterocycles. The summed E-state index contributed by atoms with van der Waals surface area (Å²) in [6.07, 6.45) is 0.788. The Morgan fingerprint density at radius 2 is 2.05 bits per heavy atom. The van der Waals surface area contributed by atoms with Gasteiger partial charge in [-0.2, -0.15) is 0 Å². The third-order valence-corrected chi connectivity index (χ3v) is 3.20. The van der Waals surface area contributed by atoms with Crippen molar-refractivity contribution in [3.63, 3.8) is 0 Å². The molecule has 0 aliphatic heterocycles. The van der Waals surface area contributed by atoms with Gasteiger partial charge in [-0.05, 0) is 25.5 Å². The van der Waals surface area contributed by atoms with Crippen molar-refractivity contribution in [3.8, 4) is 0 Å². The Morgan fingerprint density at radius 1 is 1.40 bits per heavy atom. The second-order valence-electron chi connectivity index (χ2n) is 4.30. The van der Waals surface area contributed by atoms with Crippen molar-refractivity contribution in [1.29, 1.82) is 0 Å². The molecule has 0 aromatic heterocycles. The molecular weight excluding hydrogens is 303 g/mol. The molecule has 0 aliphatic carbocycles. The number of carbonyl (C=O) groups excluding carboxylic acids is 2. The highest BCUT2D eigenvalue weighted by Gasteiger charge is 2.16. The van der Waals surface area contributed by atoms with Crippen LogP contribution in [0.15, 0.2) is 12.1 Å². The van der Waals surface area contributed by atoms with Crippen LogP contribution in [-0.2, 0) is 9.53 Å². The minimum Gasteiger partial charge on any atom is -0.452 e. The third kappa shape index (κ3) is 4.58. The first-order valence-electron chi connectivity index (χ1n) is 6.06. The maximum absolute atomic E-state index is 11.8. The van der Waals surface area contributed by atoms with Crippen LogP contribution in [0.2, 0.25) is 10.0 Å². The summed E-state index contributed by atoms with van der Waals surface area (Å²) in [4.78, 5) is 23.3. The number of hydrogen-bond acceptors (Lipinski definition) is 4. The minimum absolute atomic E-state index is 0.0203. The van der Waals surface area contributed by atoms with Gasteiger partial charge in [0.05, 0.1) is 16.3 Å². The van der Waals surface area contributed by atoms with Gasteiger partial charge >= 0.3 is 5.97 Å². The number of halogens is 2. The van der Waals surface area contributed by atoms with Gasteiger partial charge in [0.15, 0.2) is 6.61 Å². The predicted molar refractivity (Wildman–Crippen MR) is 79.1 cm³/mol. The lowest BCUT2D eigenvalue weighted by atomic mass is 10.2. The van der Waals surface area contributed by atoms with E-state index in [1.807, 2.05) is 13.8 Å². The maximum atomic E-state index is 11.8. The number of hydrogen-bond donors (Lipinski definition) is 2. The molecule has 0 saturated heterocycles. The van der Waals surface area contributed by atoms with E-state index >= 15 is 0 Å². The van der Waals surface area contributed by atoms with Gasteiger partial charge in [0.1, 0.15) is 0 Å². The lowest BCUT2D eigenvalue weighted by Crippen LogP contribution is -2.35. The van der Waals surface area contributed by atoms with E-state index in [9.17, 15) is 9.59 Å². The van der Waals surface area contributed by atoms with Crippen molar-refractivity contribution in [2.75, 3.05) is 12.3 Å². The maximum Gasteiger partial charge on any atom is 0.340 e. The molecule has 0 aliphatic rings. The normalized spacial score (nSPS) is 11.8. The summed E-state index contributed by atoms with van der Waals surface area (Å²) in [6.45, 7) is 3.41. The third-order valence-electron chi connectivity index (χ3n) is 2.67. The molecule has 1 amide bonds. The Kier molecular flexibility index (Phi) is 6.10. The molecule has 0 saturated carbocycles. The molecule has 0 fully saturated rings. The number of benzene rings is 1. The zero-order valence-electron chi connectivity index (χ0n) is 11.2. The van der Waals surface area contributed by atoms with Gasteiger partial charge in [-0.3, -0.25) is 4.79 Å². The fourth-order valence-electron chi connectivity index (χ4n) is 1.38. The first-order chi connectivity index (χ1) is 9.35. The monoisotopic (exact) mass is 318 g/mol. The Morgan fingerprint density at radius 3 is 2.65 bits per heavy atom. The van der Waals surface area contributed by atoms with Gasteiger partial charge in [-0.25, -0.2) is 4.79 Å². The van der Waals surface area contributed by atoms with E-state index in [1.165, 1.54) is 12.1 Å². The molecule has 1 rings (SSSR count). The predicted octanol–water partition coefficient (Wildman–Crippen LogP) is 2.65. The zero-order chi connectivity index (χ0) is 15.3. The first kappa shape index (κ1) is 16.6. The highest BCUT2D eigenvalue weighted by atomic mass is 35.5. The molecular formula is C13H16Cl2N2O3. The Bertz CT molecular complexity index is 521. The van der Waals surface area contributed by atoms with Crippen LogP contribution in [0.3, 0.4) is 0 Å². The molecule has 20 heavy (non-hydrogen) atoms. The number of nitrogens with one attached hydrogen (secondary N) is 1. The van der Waals surface area contributed by atoms with Gasteiger partial charge in [-0.15, -0.1) is 0 Å². The summed E-state index contributed by atoms with van der Waals surface area (Å²) in [5.74, 6) is -1.12. The van der Waals surface area contributed by atoms with Crippen molar-refractivity contribution in [3.05, 3.63) is 27.7 Å². The summed E-state index contributed by atoms with van der Waals surface area (Å²) < 4.78 is 4.88. The van der Waals surface area contributed by atoms with Crippen LogP contribution in [0.25, 0.3) is 0 Å². The molecule has 0 spiro atoms. The standard InChI is InChI=1S/C13H16Cl2N2O3/c1-3-7(2)17-11(18)6-20-13(19)9-4-8(14)5-10(15)12(9)16/h4-5,7H,3,6,16H2,1-2H3,(H,17,18)/t7-/m0/s1. The Hall–Kier alpha value is -1.46. The molecule has 1 aromatic carbocycles. The topological polar surface area (TPSA) is 81.4 Å². The summed E-state index contributed by atoms with van der Waals surface area (Å²) >= 11 is 11.6. The van der Waals surface area contributed by atoms with Crippen LogP contribution in [0.4, 0.5) is 5.69 Å². The second kappa shape index (κ2) is 7.36. The minimum atomic E-state index is -0.744. The average Bonchev–Trinajstić information content (AvgIpc) is 2.39. The average molecular weight is 319 g/mol. The molecule has 7 heteroatoms. The lowest BCUT2D eigenvalue weighted by molar-refractivity contribution is -0.124. The van der Waals surface area contributed by atoms with Crippen LogP contribution >= 0.6 is 23.2 Å². The van der Waals surface area contributed by atoms with Crippen molar-refractivity contribution in [2.45, 2.75) is 26.3 Å². The van der Waals surface area contributed by atoms with E-state index < -0.39 is 5.97 Å². The van der Waals surface area contributed by atoms with Crippen molar-refractivity contribution in [2.24, 2.45) is 0 Å². The molecule has 1 atom stereocenters. The number of rotatable bonds is 5. The Balaban J connectivity index is 2.66. The number of amides is 1. The number of ether oxygens (including phenoxy) is 1. The van der Waals surface area contributed by atoms with Crippen LogP contribution in [0, 0.1) is 0 Å². The molecule has 1 aromatic rings. The molecule has 3 N–H and O–H groups in total. The van der Waals surface area contributed by atoms with Crippen LogP contribution in [0.1, 0.15) is 30.6 Å². The summed E-state index contributed by atoms with van der Waals surface area (Å²) in [7, 11) is 0. The van der Waals surface area contributed by atoms with Gasteiger partial charge < -0.3 is 15.8 Å². The quantitative estimate of drug-likeness (QED) is 0.646. The van der Waals surface area contributed by atoms with Crippen molar-refractivity contribution < 1.29 is 14.3 Å². The number of carbonyl (C=O) groups is 2. The Labute approximate surface area is 127 Å². The van der Waals surface area contributed by atoms with Crippen molar-refractivity contribution >= 4 is 40.8 Å². The fraction of sp³-hybridized carbons (Fsp3) is 0.385. The van der Waals surface area contributed by atoms with Gasteiger partial charge in [0.25, 0.3) is 5.91 Å². The highest BCUT2D eigenvalue weighted by Crippen LogP contribution is 2.27. The van der Waals surface area contributed by atoms with Gasteiger partial charge in [-0.1, -0.05) is 30.1 Å². The number of nitrogen functional groups attached to an aromatic ring is 1. The van der Waals surface area contributed by atoms with E-state index in [1.54, 1.807) is 0 Å². The largest absolute Gasteiger partial charge is 0.452 e. The SMILES string of the molecule is CC[C@H](C)NC(=O)COC(=O)c1cc(Cl)cc(Cl)c1N. The molecule has 0 unspecified atom stereocenters. The summed E-state index contributed by atoms with van der Waals surface area (Å²) in [5.41, 5.74) is 5.78. The van der Waals surface area contributed by atoms with E-state index in [0.29, 0.717) is 0 Å². The van der Waals surface area contributed by atoms with Crippen LogP contribution < -0.4 is 11.1 Å². The molecule has 5 nitrogen and oxygen atoms in total. The van der Waals surface area contributed by atoms with E-state index in [0.717, 1.165) is 6.42 Å². The number of esters is 1. The van der Waals surface area contributed by atoms with E-state index in [4.69, 9.17) is 33.7 Å². The second-order valence-corrected chi connectivity index (χ2v) is 5.15. The molecule has 0 radical (unpaired) electrons. The van der Waals surface area contributed by atoms with Gasteiger partial charge in [0.2, 0.25) is 0 Å². The van der Waals surface area contributed by atoms with Crippen molar-refractivity contribution in [1.82, 2.24) is 5.32 Å².